The lowest BCUT2D eigenvalue weighted by Crippen LogP contribution is -2.39. The van der Waals surface area contributed by atoms with Gasteiger partial charge < -0.3 is 9.47 Å². The zero-order valence-corrected chi connectivity index (χ0v) is 10.3. The largest absolute Gasteiger partial charge is 0.376 e. The Kier molecular flexibility index (Phi) is 3.39. The lowest BCUT2D eigenvalue weighted by atomic mass is 9.82. The Morgan fingerprint density at radius 1 is 1.39 bits per heavy atom. The highest BCUT2D eigenvalue weighted by Gasteiger charge is 2.34. The lowest BCUT2D eigenvalue weighted by molar-refractivity contribution is -0.147. The van der Waals surface area contributed by atoms with Crippen molar-refractivity contribution in [1.29, 1.82) is 0 Å². The SMILES string of the molecule is O=C(C1COCCO1)C1CCCc2cccnc21. The van der Waals surface area contributed by atoms with Gasteiger partial charge in [-0.1, -0.05) is 6.07 Å². The third-order valence-electron chi connectivity index (χ3n) is 3.67. The van der Waals surface area contributed by atoms with Crippen LogP contribution in [0.2, 0.25) is 0 Å². The Labute approximate surface area is 106 Å². The summed E-state index contributed by atoms with van der Waals surface area (Å²) in [7, 11) is 0. The van der Waals surface area contributed by atoms with Crippen molar-refractivity contribution >= 4 is 5.78 Å². The Morgan fingerprint density at radius 3 is 3.17 bits per heavy atom. The van der Waals surface area contributed by atoms with Crippen molar-refractivity contribution in [1.82, 2.24) is 4.98 Å². The van der Waals surface area contributed by atoms with E-state index in [1.807, 2.05) is 6.07 Å². The molecule has 4 heteroatoms. The summed E-state index contributed by atoms with van der Waals surface area (Å²) in [6.45, 7) is 1.49. The molecule has 1 aliphatic heterocycles. The number of nitrogens with zero attached hydrogens (tertiary/aromatic N) is 1. The van der Waals surface area contributed by atoms with E-state index in [9.17, 15) is 4.79 Å². The summed E-state index contributed by atoms with van der Waals surface area (Å²) in [5, 5.41) is 0. The Bertz CT molecular complexity index is 440. The molecule has 0 amide bonds. The number of hydrogen-bond donors (Lipinski definition) is 0. The molecule has 1 aromatic rings. The van der Waals surface area contributed by atoms with Crippen LogP contribution in [0.1, 0.15) is 30.0 Å². The van der Waals surface area contributed by atoms with E-state index in [0.29, 0.717) is 19.8 Å². The first kappa shape index (κ1) is 11.8. The molecule has 1 fully saturated rings. The molecule has 0 aromatic carbocycles. The second-order valence-electron chi connectivity index (χ2n) is 4.83. The molecule has 1 aliphatic carbocycles. The van der Waals surface area contributed by atoms with Crippen molar-refractivity contribution in [3.8, 4) is 0 Å². The maximum absolute atomic E-state index is 12.5. The quantitative estimate of drug-likeness (QED) is 0.794. The van der Waals surface area contributed by atoms with Crippen LogP contribution in [0.15, 0.2) is 18.3 Å². The maximum atomic E-state index is 12.5. The van der Waals surface area contributed by atoms with Gasteiger partial charge in [-0.05, 0) is 30.9 Å². The van der Waals surface area contributed by atoms with Gasteiger partial charge in [-0.3, -0.25) is 9.78 Å². The number of ketones is 1. The molecular formula is C14H17NO3. The highest BCUT2D eigenvalue weighted by atomic mass is 16.6. The van der Waals surface area contributed by atoms with E-state index < -0.39 is 6.10 Å². The molecule has 2 heterocycles. The minimum Gasteiger partial charge on any atom is -0.376 e. The van der Waals surface area contributed by atoms with E-state index in [-0.39, 0.29) is 11.7 Å². The molecule has 0 N–H and O–H groups in total. The summed E-state index contributed by atoms with van der Waals surface area (Å²) in [5.74, 6) is 0.0241. The number of carbonyl (C=O) groups is 1. The molecule has 2 atom stereocenters. The van der Waals surface area contributed by atoms with Gasteiger partial charge in [0, 0.05) is 6.20 Å². The van der Waals surface area contributed by atoms with E-state index in [0.717, 1.165) is 25.0 Å². The maximum Gasteiger partial charge on any atom is 0.172 e. The molecule has 1 saturated heterocycles. The van der Waals surface area contributed by atoms with Crippen LogP contribution in [0.4, 0.5) is 0 Å². The minimum absolute atomic E-state index is 0.110. The van der Waals surface area contributed by atoms with Crippen LogP contribution in [0.25, 0.3) is 0 Å². The monoisotopic (exact) mass is 247 g/mol. The van der Waals surface area contributed by atoms with Gasteiger partial charge in [0.2, 0.25) is 0 Å². The van der Waals surface area contributed by atoms with Crippen molar-refractivity contribution in [2.24, 2.45) is 0 Å². The smallest absolute Gasteiger partial charge is 0.172 e. The van der Waals surface area contributed by atoms with E-state index in [2.05, 4.69) is 11.1 Å². The van der Waals surface area contributed by atoms with Gasteiger partial charge in [0.25, 0.3) is 0 Å². The van der Waals surface area contributed by atoms with Gasteiger partial charge in [0.05, 0.1) is 31.4 Å². The molecule has 0 bridgehead atoms. The number of pyridine rings is 1. The number of aryl methyl sites for hydroxylation is 1. The summed E-state index contributed by atoms with van der Waals surface area (Å²) in [5.41, 5.74) is 2.15. The van der Waals surface area contributed by atoms with Gasteiger partial charge in [-0.2, -0.15) is 0 Å². The lowest BCUT2D eigenvalue weighted by Gasteiger charge is -2.28. The highest BCUT2D eigenvalue weighted by molar-refractivity contribution is 5.90. The van der Waals surface area contributed by atoms with Crippen LogP contribution in [-0.4, -0.2) is 36.7 Å². The van der Waals surface area contributed by atoms with Crippen molar-refractivity contribution in [3.63, 3.8) is 0 Å². The number of fused-ring (bicyclic) bond motifs is 1. The number of Topliss-reactive ketones (excluding diaryl/α,β-unsaturated/α-hetero) is 1. The molecular weight excluding hydrogens is 230 g/mol. The third-order valence-corrected chi connectivity index (χ3v) is 3.67. The molecule has 0 radical (unpaired) electrons. The predicted octanol–water partition coefficient (Wildman–Crippen LogP) is 1.49. The molecule has 3 rings (SSSR count). The van der Waals surface area contributed by atoms with E-state index >= 15 is 0 Å². The fourth-order valence-corrected chi connectivity index (χ4v) is 2.76. The van der Waals surface area contributed by atoms with E-state index in [1.165, 1.54) is 5.56 Å². The number of aromatic nitrogens is 1. The first-order valence-corrected chi connectivity index (χ1v) is 6.53. The number of ether oxygens (including phenoxy) is 2. The van der Waals surface area contributed by atoms with Crippen LogP contribution < -0.4 is 0 Å². The summed E-state index contributed by atoms with van der Waals surface area (Å²) < 4.78 is 10.8. The second kappa shape index (κ2) is 5.16. The van der Waals surface area contributed by atoms with E-state index in [4.69, 9.17) is 9.47 Å². The summed E-state index contributed by atoms with van der Waals surface area (Å²) in [6.07, 6.45) is 4.31. The summed E-state index contributed by atoms with van der Waals surface area (Å²) >= 11 is 0. The van der Waals surface area contributed by atoms with Crippen LogP contribution in [0.3, 0.4) is 0 Å². The normalized spacial score (nSPS) is 27.6. The van der Waals surface area contributed by atoms with Gasteiger partial charge in [0.15, 0.2) is 5.78 Å². The van der Waals surface area contributed by atoms with Gasteiger partial charge in [0.1, 0.15) is 6.10 Å². The zero-order chi connectivity index (χ0) is 12.4. The van der Waals surface area contributed by atoms with Gasteiger partial charge in [-0.25, -0.2) is 0 Å². The molecule has 96 valence electrons. The van der Waals surface area contributed by atoms with Crippen molar-refractivity contribution in [2.45, 2.75) is 31.3 Å². The standard InChI is InChI=1S/C14H17NO3/c16-14(12-9-17-7-8-18-12)11-5-1-3-10-4-2-6-15-13(10)11/h2,4,6,11-12H,1,3,5,7-9H2. The molecule has 1 aromatic heterocycles. The first-order chi connectivity index (χ1) is 8.86. The van der Waals surface area contributed by atoms with Gasteiger partial charge >= 0.3 is 0 Å². The summed E-state index contributed by atoms with van der Waals surface area (Å²) in [4.78, 5) is 16.9. The van der Waals surface area contributed by atoms with Crippen molar-refractivity contribution in [2.75, 3.05) is 19.8 Å². The molecule has 4 nitrogen and oxygen atoms in total. The molecule has 0 spiro atoms. The number of carbonyl (C=O) groups excluding carboxylic acids is 1. The fourth-order valence-electron chi connectivity index (χ4n) is 2.76. The summed E-state index contributed by atoms with van der Waals surface area (Å²) in [6, 6.07) is 4.01. The topological polar surface area (TPSA) is 48.4 Å². The Morgan fingerprint density at radius 2 is 2.33 bits per heavy atom. The van der Waals surface area contributed by atoms with Crippen LogP contribution in [0.5, 0.6) is 0 Å². The number of rotatable bonds is 2. The molecule has 18 heavy (non-hydrogen) atoms. The first-order valence-electron chi connectivity index (χ1n) is 6.53. The predicted molar refractivity (Wildman–Crippen MR) is 65.5 cm³/mol. The van der Waals surface area contributed by atoms with Crippen LogP contribution >= 0.6 is 0 Å². The zero-order valence-electron chi connectivity index (χ0n) is 10.3. The van der Waals surface area contributed by atoms with Crippen molar-refractivity contribution in [3.05, 3.63) is 29.6 Å². The molecule has 2 unspecified atom stereocenters. The fraction of sp³-hybridized carbons (Fsp3) is 0.571. The average molecular weight is 247 g/mol. The van der Waals surface area contributed by atoms with Gasteiger partial charge in [-0.15, -0.1) is 0 Å². The molecule has 2 aliphatic rings. The Hall–Kier alpha value is -1.26. The molecule has 0 saturated carbocycles. The van der Waals surface area contributed by atoms with Crippen LogP contribution in [0, 0.1) is 0 Å². The second-order valence-corrected chi connectivity index (χ2v) is 4.83. The third kappa shape index (κ3) is 2.18. The minimum atomic E-state index is -0.406. The highest BCUT2D eigenvalue weighted by Crippen LogP contribution is 2.32. The van der Waals surface area contributed by atoms with Crippen LogP contribution in [-0.2, 0) is 20.7 Å². The number of hydrogen-bond acceptors (Lipinski definition) is 4. The average Bonchev–Trinajstić information content (AvgIpc) is 2.47. The Balaban J connectivity index is 1.82. The van der Waals surface area contributed by atoms with Crippen molar-refractivity contribution < 1.29 is 14.3 Å². The van der Waals surface area contributed by atoms with E-state index in [1.54, 1.807) is 6.20 Å².